The van der Waals surface area contributed by atoms with Gasteiger partial charge in [0.25, 0.3) is 10.2 Å². The molecule has 0 radical (unpaired) electrons. The molecule has 102 valence electrons. The first-order valence-corrected chi connectivity index (χ1v) is 7.13. The molecule has 0 saturated carbocycles. The summed E-state index contributed by atoms with van der Waals surface area (Å²) in [6, 6.07) is 5.47. The number of hydrogen-bond donors (Lipinski definition) is 1. The van der Waals surface area contributed by atoms with Gasteiger partial charge in [0.1, 0.15) is 5.82 Å². The van der Waals surface area contributed by atoms with Crippen LogP contribution in [0.4, 0.5) is 4.39 Å². The van der Waals surface area contributed by atoms with E-state index in [1.54, 1.807) is 12.1 Å². The van der Waals surface area contributed by atoms with Crippen molar-refractivity contribution in [3.8, 4) is 0 Å². The highest BCUT2D eigenvalue weighted by molar-refractivity contribution is 7.87. The van der Waals surface area contributed by atoms with Crippen LogP contribution in [0.15, 0.2) is 24.3 Å². The molecule has 1 rings (SSSR count). The molecule has 0 fully saturated rings. The number of hydrogen-bond acceptors (Lipinski definition) is 2. The lowest BCUT2D eigenvalue weighted by atomic mass is 9.97. The number of nitrogens with one attached hydrogen (secondary N) is 1. The number of halogens is 1. The topological polar surface area (TPSA) is 49.4 Å². The van der Waals surface area contributed by atoms with Crippen molar-refractivity contribution in [2.45, 2.75) is 19.9 Å². The van der Waals surface area contributed by atoms with Crippen molar-refractivity contribution in [3.63, 3.8) is 0 Å². The fourth-order valence-electron chi connectivity index (χ4n) is 1.52. The number of nitrogens with zero attached hydrogens (tertiary/aromatic N) is 1. The van der Waals surface area contributed by atoms with Crippen LogP contribution in [-0.4, -0.2) is 26.8 Å². The van der Waals surface area contributed by atoms with Gasteiger partial charge >= 0.3 is 0 Å². The van der Waals surface area contributed by atoms with Crippen LogP contribution in [0.3, 0.4) is 0 Å². The largest absolute Gasteiger partial charge is 0.279 e. The molecule has 0 unspecified atom stereocenters. The van der Waals surface area contributed by atoms with Gasteiger partial charge < -0.3 is 0 Å². The molecule has 0 spiro atoms. The number of benzene rings is 1. The molecule has 1 N–H and O–H groups in total. The van der Waals surface area contributed by atoms with E-state index in [1.165, 1.54) is 26.2 Å². The molecule has 18 heavy (non-hydrogen) atoms. The van der Waals surface area contributed by atoms with Crippen LogP contribution in [0.25, 0.3) is 0 Å². The minimum atomic E-state index is -3.51. The van der Waals surface area contributed by atoms with Crippen molar-refractivity contribution in [2.24, 2.45) is 5.92 Å². The maximum atomic E-state index is 12.9. The van der Waals surface area contributed by atoms with Crippen LogP contribution in [0, 0.1) is 11.7 Å². The van der Waals surface area contributed by atoms with Gasteiger partial charge in [0.2, 0.25) is 0 Å². The zero-order chi connectivity index (χ0) is 13.9. The fraction of sp³-hybridized carbons (Fsp3) is 0.500. The van der Waals surface area contributed by atoms with E-state index in [4.69, 9.17) is 0 Å². The van der Waals surface area contributed by atoms with E-state index in [-0.39, 0.29) is 17.8 Å². The van der Waals surface area contributed by atoms with Crippen LogP contribution in [0.2, 0.25) is 0 Å². The first-order chi connectivity index (χ1) is 8.24. The summed E-state index contributed by atoms with van der Waals surface area (Å²) in [5, 5.41) is 0. The van der Waals surface area contributed by atoms with Gasteiger partial charge in [-0.1, -0.05) is 26.0 Å². The zero-order valence-corrected chi connectivity index (χ0v) is 11.8. The summed E-state index contributed by atoms with van der Waals surface area (Å²) in [4.78, 5) is 0. The Kier molecular flexibility index (Phi) is 4.84. The molecule has 1 aromatic carbocycles. The molecular formula is C12H19FN2O2S. The first-order valence-electron chi connectivity index (χ1n) is 5.69. The van der Waals surface area contributed by atoms with E-state index in [0.29, 0.717) is 0 Å². The molecule has 0 aliphatic rings. The van der Waals surface area contributed by atoms with E-state index in [0.717, 1.165) is 9.87 Å². The van der Waals surface area contributed by atoms with Crippen molar-refractivity contribution in [3.05, 3.63) is 35.6 Å². The highest BCUT2D eigenvalue weighted by Gasteiger charge is 2.23. The van der Waals surface area contributed by atoms with Gasteiger partial charge in [-0.15, -0.1) is 0 Å². The molecule has 0 aromatic heterocycles. The Labute approximate surface area is 108 Å². The monoisotopic (exact) mass is 274 g/mol. The zero-order valence-electron chi connectivity index (χ0n) is 11.0. The minimum absolute atomic E-state index is 0.0604. The average molecular weight is 274 g/mol. The van der Waals surface area contributed by atoms with Crippen LogP contribution in [0.1, 0.15) is 25.5 Å². The van der Waals surface area contributed by atoms with Gasteiger partial charge in [0, 0.05) is 14.1 Å². The third-order valence-electron chi connectivity index (χ3n) is 2.65. The van der Waals surface area contributed by atoms with Crippen molar-refractivity contribution in [1.82, 2.24) is 9.03 Å². The van der Waals surface area contributed by atoms with Gasteiger partial charge in [-0.25, -0.2) is 4.39 Å². The molecule has 0 aliphatic heterocycles. The molecule has 0 heterocycles. The molecule has 1 aromatic rings. The highest BCUT2D eigenvalue weighted by atomic mass is 32.2. The lowest BCUT2D eigenvalue weighted by molar-refractivity contribution is 0.436. The maximum absolute atomic E-state index is 12.9. The summed E-state index contributed by atoms with van der Waals surface area (Å²) < 4.78 is 40.2. The summed E-state index contributed by atoms with van der Waals surface area (Å²) in [7, 11) is -0.586. The molecule has 4 nitrogen and oxygen atoms in total. The Morgan fingerprint density at radius 3 is 2.06 bits per heavy atom. The molecule has 6 heteroatoms. The predicted molar refractivity (Wildman–Crippen MR) is 69.7 cm³/mol. The smallest absolute Gasteiger partial charge is 0.207 e. The number of rotatable bonds is 5. The Hall–Kier alpha value is -0.980. The maximum Gasteiger partial charge on any atom is 0.279 e. The van der Waals surface area contributed by atoms with Gasteiger partial charge in [-0.2, -0.15) is 17.4 Å². The van der Waals surface area contributed by atoms with Gasteiger partial charge in [0.15, 0.2) is 0 Å². The molecule has 0 saturated heterocycles. The van der Waals surface area contributed by atoms with E-state index in [2.05, 4.69) is 4.72 Å². The minimum Gasteiger partial charge on any atom is -0.207 e. The van der Waals surface area contributed by atoms with Crippen LogP contribution in [0.5, 0.6) is 0 Å². The molecule has 0 bridgehead atoms. The van der Waals surface area contributed by atoms with E-state index < -0.39 is 10.2 Å². The lowest BCUT2D eigenvalue weighted by Crippen LogP contribution is -2.39. The summed E-state index contributed by atoms with van der Waals surface area (Å²) in [5.41, 5.74) is 0.747. The average Bonchev–Trinajstić information content (AvgIpc) is 2.27. The SMILES string of the molecule is CC(C)[C@@H](NS(=O)(=O)N(C)C)c1ccc(F)cc1. The summed E-state index contributed by atoms with van der Waals surface area (Å²) >= 11 is 0. The van der Waals surface area contributed by atoms with Crippen LogP contribution in [-0.2, 0) is 10.2 Å². The standard InChI is InChI=1S/C12H19FN2O2S/c1-9(2)12(14-18(16,17)15(3)4)10-5-7-11(13)8-6-10/h5-9,12,14H,1-4H3/t12-/m1/s1. The van der Waals surface area contributed by atoms with Gasteiger partial charge in [-0.05, 0) is 23.6 Å². The van der Waals surface area contributed by atoms with Crippen molar-refractivity contribution < 1.29 is 12.8 Å². The van der Waals surface area contributed by atoms with E-state index in [1.807, 2.05) is 13.8 Å². The Balaban J connectivity index is 3.01. The molecule has 0 amide bonds. The molecule has 0 aliphatic carbocycles. The normalized spacial score (nSPS) is 14.2. The van der Waals surface area contributed by atoms with Crippen molar-refractivity contribution in [2.75, 3.05) is 14.1 Å². The second-order valence-electron chi connectivity index (χ2n) is 4.68. The molecule has 1 atom stereocenters. The Morgan fingerprint density at radius 1 is 1.17 bits per heavy atom. The Morgan fingerprint density at radius 2 is 1.67 bits per heavy atom. The quantitative estimate of drug-likeness (QED) is 0.891. The highest BCUT2D eigenvalue weighted by Crippen LogP contribution is 2.23. The first kappa shape index (κ1) is 15.1. The van der Waals surface area contributed by atoms with Gasteiger partial charge in [-0.3, -0.25) is 0 Å². The third-order valence-corrected chi connectivity index (χ3v) is 4.17. The third kappa shape index (κ3) is 3.76. The predicted octanol–water partition coefficient (Wildman–Crippen LogP) is 1.92. The Bertz CT molecular complexity index is 483. The van der Waals surface area contributed by atoms with Crippen LogP contribution < -0.4 is 4.72 Å². The van der Waals surface area contributed by atoms with E-state index in [9.17, 15) is 12.8 Å². The van der Waals surface area contributed by atoms with Crippen LogP contribution >= 0.6 is 0 Å². The van der Waals surface area contributed by atoms with Gasteiger partial charge in [0.05, 0.1) is 6.04 Å². The fourth-order valence-corrected chi connectivity index (χ4v) is 2.46. The second kappa shape index (κ2) is 5.77. The summed E-state index contributed by atoms with van der Waals surface area (Å²) in [5.74, 6) is -0.276. The van der Waals surface area contributed by atoms with Crippen molar-refractivity contribution >= 4 is 10.2 Å². The summed E-state index contributed by atoms with van der Waals surface area (Å²) in [6.45, 7) is 3.82. The summed E-state index contributed by atoms with van der Waals surface area (Å²) in [6.07, 6.45) is 0. The van der Waals surface area contributed by atoms with Crippen molar-refractivity contribution in [1.29, 1.82) is 0 Å². The molecular weight excluding hydrogens is 255 g/mol. The van der Waals surface area contributed by atoms with E-state index >= 15 is 0 Å². The lowest BCUT2D eigenvalue weighted by Gasteiger charge is -2.24. The second-order valence-corrected chi connectivity index (χ2v) is 6.59.